The SMILES string of the molecule is C=C/C=C(\C=C(/C)c1ccc(C(=C)Cc2ccc(C(C)(C)C)cc2)cc1)C(C)(C)C. The fourth-order valence-corrected chi connectivity index (χ4v) is 3.40. The molecule has 2 rings (SSSR count). The Labute approximate surface area is 184 Å². The maximum Gasteiger partial charge on any atom is -0.00257 e. The van der Waals surface area contributed by atoms with Crippen LogP contribution in [0.3, 0.4) is 0 Å². The van der Waals surface area contributed by atoms with Crippen molar-refractivity contribution < 1.29 is 0 Å². The molecule has 0 radical (unpaired) electrons. The zero-order valence-corrected chi connectivity index (χ0v) is 20.0. The molecule has 0 bridgehead atoms. The van der Waals surface area contributed by atoms with E-state index in [1.165, 1.54) is 33.4 Å². The van der Waals surface area contributed by atoms with Gasteiger partial charge in [0.1, 0.15) is 0 Å². The highest BCUT2D eigenvalue weighted by Crippen LogP contribution is 2.30. The average molecular weight is 399 g/mol. The van der Waals surface area contributed by atoms with Gasteiger partial charge in [0.05, 0.1) is 0 Å². The van der Waals surface area contributed by atoms with Gasteiger partial charge in [-0.3, -0.25) is 0 Å². The van der Waals surface area contributed by atoms with Crippen molar-refractivity contribution in [3.8, 4) is 0 Å². The van der Waals surface area contributed by atoms with Gasteiger partial charge in [-0.1, -0.05) is 121 Å². The van der Waals surface area contributed by atoms with Gasteiger partial charge < -0.3 is 0 Å². The van der Waals surface area contributed by atoms with Crippen molar-refractivity contribution in [1.29, 1.82) is 0 Å². The Kier molecular flexibility index (Phi) is 7.48. The van der Waals surface area contributed by atoms with Crippen LogP contribution in [0.1, 0.15) is 70.7 Å². The van der Waals surface area contributed by atoms with E-state index in [1.54, 1.807) is 0 Å². The van der Waals surface area contributed by atoms with Gasteiger partial charge in [0.25, 0.3) is 0 Å². The second-order valence-corrected chi connectivity index (χ2v) is 10.2. The van der Waals surface area contributed by atoms with E-state index in [0.717, 1.165) is 12.0 Å². The van der Waals surface area contributed by atoms with Crippen molar-refractivity contribution in [2.45, 2.75) is 60.3 Å². The Morgan fingerprint density at radius 3 is 1.83 bits per heavy atom. The number of rotatable bonds is 6. The third-order valence-corrected chi connectivity index (χ3v) is 5.52. The molecule has 0 atom stereocenters. The van der Waals surface area contributed by atoms with Crippen LogP contribution in [0.15, 0.2) is 85.5 Å². The van der Waals surface area contributed by atoms with Gasteiger partial charge in [-0.25, -0.2) is 0 Å². The summed E-state index contributed by atoms with van der Waals surface area (Å²) in [6, 6.07) is 17.7. The molecule has 158 valence electrons. The molecule has 0 N–H and O–H groups in total. The molecule has 0 heterocycles. The van der Waals surface area contributed by atoms with Crippen molar-refractivity contribution in [3.05, 3.63) is 108 Å². The third kappa shape index (κ3) is 6.46. The molecular formula is C30H38. The molecule has 0 saturated carbocycles. The molecule has 0 fully saturated rings. The fourth-order valence-electron chi connectivity index (χ4n) is 3.40. The smallest absolute Gasteiger partial charge is 0.00257 e. The summed E-state index contributed by atoms with van der Waals surface area (Å²) in [5.74, 6) is 0. The second kappa shape index (κ2) is 9.47. The maximum atomic E-state index is 4.34. The van der Waals surface area contributed by atoms with Crippen LogP contribution in [0.25, 0.3) is 11.1 Å². The van der Waals surface area contributed by atoms with E-state index >= 15 is 0 Å². The zero-order chi connectivity index (χ0) is 22.5. The minimum atomic E-state index is 0.0895. The summed E-state index contributed by atoms with van der Waals surface area (Å²) in [5, 5.41) is 0. The highest BCUT2D eigenvalue weighted by atomic mass is 14.2. The van der Waals surface area contributed by atoms with E-state index in [0.29, 0.717) is 0 Å². The van der Waals surface area contributed by atoms with Crippen LogP contribution >= 0.6 is 0 Å². The first kappa shape index (κ1) is 23.7. The molecule has 0 spiro atoms. The predicted octanol–water partition coefficient (Wildman–Crippen LogP) is 8.80. The molecule has 0 aliphatic heterocycles. The first-order valence-electron chi connectivity index (χ1n) is 10.8. The molecule has 0 aliphatic rings. The molecular weight excluding hydrogens is 360 g/mol. The number of allylic oxidation sites excluding steroid dienone is 6. The highest BCUT2D eigenvalue weighted by molar-refractivity contribution is 5.71. The third-order valence-electron chi connectivity index (χ3n) is 5.52. The lowest BCUT2D eigenvalue weighted by molar-refractivity contribution is 0.517. The van der Waals surface area contributed by atoms with Crippen LogP contribution in [0.5, 0.6) is 0 Å². The molecule has 0 aliphatic carbocycles. The van der Waals surface area contributed by atoms with E-state index in [2.05, 4.69) is 122 Å². The average Bonchev–Trinajstić information content (AvgIpc) is 2.66. The Hall–Kier alpha value is -2.60. The Morgan fingerprint density at radius 1 is 0.833 bits per heavy atom. The van der Waals surface area contributed by atoms with Crippen LogP contribution in [0.4, 0.5) is 0 Å². The molecule has 0 heteroatoms. The first-order valence-corrected chi connectivity index (χ1v) is 10.8. The maximum absolute atomic E-state index is 4.34. The lowest BCUT2D eigenvalue weighted by Gasteiger charge is -2.21. The molecule has 0 aromatic heterocycles. The molecule has 0 unspecified atom stereocenters. The zero-order valence-electron chi connectivity index (χ0n) is 20.0. The van der Waals surface area contributed by atoms with Crippen molar-refractivity contribution in [2.75, 3.05) is 0 Å². The normalized spacial score (nSPS) is 13.3. The van der Waals surface area contributed by atoms with Gasteiger partial charge >= 0.3 is 0 Å². The lowest BCUT2D eigenvalue weighted by Crippen LogP contribution is -2.10. The lowest BCUT2D eigenvalue weighted by atomic mass is 9.84. The van der Waals surface area contributed by atoms with Crippen molar-refractivity contribution >= 4 is 11.1 Å². The van der Waals surface area contributed by atoms with E-state index in [9.17, 15) is 0 Å². The molecule has 0 amide bonds. The summed E-state index contributed by atoms with van der Waals surface area (Å²) in [4.78, 5) is 0. The monoisotopic (exact) mass is 398 g/mol. The summed E-state index contributed by atoms with van der Waals surface area (Å²) < 4.78 is 0. The molecule has 2 aromatic carbocycles. The van der Waals surface area contributed by atoms with Gasteiger partial charge in [-0.05, 0) is 63.1 Å². The second-order valence-electron chi connectivity index (χ2n) is 10.2. The van der Waals surface area contributed by atoms with Crippen LogP contribution in [0, 0.1) is 5.41 Å². The first-order chi connectivity index (χ1) is 13.9. The Bertz CT molecular complexity index is 931. The van der Waals surface area contributed by atoms with E-state index < -0.39 is 0 Å². The predicted molar refractivity (Wildman–Crippen MR) is 136 cm³/mol. The summed E-state index contributed by atoms with van der Waals surface area (Å²) in [7, 11) is 0. The molecule has 2 aromatic rings. The summed E-state index contributed by atoms with van der Waals surface area (Å²) >= 11 is 0. The van der Waals surface area contributed by atoms with Crippen molar-refractivity contribution in [1.82, 2.24) is 0 Å². The van der Waals surface area contributed by atoms with Gasteiger partial charge in [-0.15, -0.1) is 0 Å². The largest absolute Gasteiger partial charge is 0.0991 e. The van der Waals surface area contributed by atoms with Gasteiger partial charge in [0.2, 0.25) is 0 Å². The standard InChI is InChI=1S/C30H38/c1-10-11-28(30(7,8)9)21-23(3)26-16-14-25(15-17-26)22(2)20-24-12-18-27(19-13-24)29(4,5)6/h10-19,21H,1-2,20H2,3-9H3/b23-21+,28-11+. The quantitative estimate of drug-likeness (QED) is 0.426. The minimum absolute atomic E-state index is 0.0895. The Morgan fingerprint density at radius 2 is 1.37 bits per heavy atom. The number of hydrogen-bond donors (Lipinski definition) is 0. The summed E-state index contributed by atoms with van der Waals surface area (Å²) in [6.45, 7) is 23.8. The highest BCUT2D eigenvalue weighted by Gasteiger charge is 2.15. The van der Waals surface area contributed by atoms with Gasteiger partial charge in [0, 0.05) is 0 Å². The van der Waals surface area contributed by atoms with Crippen LogP contribution < -0.4 is 0 Å². The molecule has 0 saturated heterocycles. The Balaban J connectivity index is 2.15. The van der Waals surface area contributed by atoms with E-state index in [1.807, 2.05) is 6.08 Å². The van der Waals surface area contributed by atoms with Crippen molar-refractivity contribution in [3.63, 3.8) is 0 Å². The van der Waals surface area contributed by atoms with E-state index in [4.69, 9.17) is 0 Å². The topological polar surface area (TPSA) is 0 Å². The fraction of sp³-hybridized carbons (Fsp3) is 0.333. The van der Waals surface area contributed by atoms with E-state index in [-0.39, 0.29) is 10.8 Å². The van der Waals surface area contributed by atoms with Crippen LogP contribution in [-0.4, -0.2) is 0 Å². The van der Waals surface area contributed by atoms with Gasteiger partial charge in [0.15, 0.2) is 0 Å². The summed E-state index contributed by atoms with van der Waals surface area (Å²) in [5.41, 5.74) is 9.06. The summed E-state index contributed by atoms with van der Waals surface area (Å²) in [6.07, 6.45) is 7.10. The molecule has 0 nitrogen and oxygen atoms in total. The van der Waals surface area contributed by atoms with Crippen LogP contribution in [0.2, 0.25) is 0 Å². The van der Waals surface area contributed by atoms with Crippen LogP contribution in [-0.2, 0) is 11.8 Å². The minimum Gasteiger partial charge on any atom is -0.0991 e. The number of benzene rings is 2. The number of hydrogen-bond acceptors (Lipinski definition) is 0. The van der Waals surface area contributed by atoms with Gasteiger partial charge in [-0.2, -0.15) is 0 Å². The molecule has 30 heavy (non-hydrogen) atoms. The van der Waals surface area contributed by atoms with Crippen molar-refractivity contribution in [2.24, 2.45) is 5.41 Å².